The molecule has 2 rings (SSSR count). The first-order valence-corrected chi connectivity index (χ1v) is 7.12. The van der Waals surface area contributed by atoms with Crippen molar-refractivity contribution in [2.45, 2.75) is 26.9 Å². The van der Waals surface area contributed by atoms with Crippen molar-refractivity contribution in [3.05, 3.63) is 58.7 Å². The predicted octanol–water partition coefficient (Wildman–Crippen LogP) is 3.61. The van der Waals surface area contributed by atoms with Crippen LogP contribution in [0.4, 0.5) is 0 Å². The molecule has 0 saturated heterocycles. The van der Waals surface area contributed by atoms with Crippen molar-refractivity contribution in [3.8, 4) is 11.5 Å². The van der Waals surface area contributed by atoms with E-state index in [-0.39, 0.29) is 0 Å². The average molecular weight is 285 g/mol. The summed E-state index contributed by atoms with van der Waals surface area (Å²) >= 11 is 0. The van der Waals surface area contributed by atoms with E-state index < -0.39 is 0 Å². The molecule has 0 amide bonds. The van der Waals surface area contributed by atoms with Gasteiger partial charge in [-0.3, -0.25) is 0 Å². The lowest BCUT2D eigenvalue weighted by atomic mass is 10.1. The van der Waals surface area contributed by atoms with Crippen molar-refractivity contribution in [2.75, 3.05) is 14.2 Å². The fourth-order valence-corrected chi connectivity index (χ4v) is 2.26. The van der Waals surface area contributed by atoms with Gasteiger partial charge >= 0.3 is 0 Å². The number of hydrogen-bond acceptors (Lipinski definition) is 3. The maximum Gasteiger partial charge on any atom is 0.161 e. The molecule has 0 saturated carbocycles. The highest BCUT2D eigenvalue weighted by atomic mass is 16.5. The highest BCUT2D eigenvalue weighted by Crippen LogP contribution is 2.27. The SMILES string of the molecule is COc1ccc(CNCc2ccc(C)c(C)c2)cc1OC. The Labute approximate surface area is 126 Å². The van der Waals surface area contributed by atoms with Gasteiger partial charge in [-0.15, -0.1) is 0 Å². The maximum atomic E-state index is 5.32. The zero-order valence-corrected chi connectivity index (χ0v) is 13.2. The molecule has 2 aromatic carbocycles. The molecule has 0 spiro atoms. The lowest BCUT2D eigenvalue weighted by Gasteiger charge is -2.11. The molecule has 3 heteroatoms. The van der Waals surface area contributed by atoms with Crippen LogP contribution in [-0.4, -0.2) is 14.2 Å². The molecular formula is C18H23NO2. The Balaban J connectivity index is 1.95. The van der Waals surface area contributed by atoms with Crippen LogP contribution in [-0.2, 0) is 13.1 Å². The van der Waals surface area contributed by atoms with Crippen LogP contribution in [0.5, 0.6) is 11.5 Å². The molecular weight excluding hydrogens is 262 g/mol. The molecule has 21 heavy (non-hydrogen) atoms. The van der Waals surface area contributed by atoms with Crippen LogP contribution in [0.3, 0.4) is 0 Å². The molecule has 0 fully saturated rings. The van der Waals surface area contributed by atoms with Crippen LogP contribution < -0.4 is 14.8 Å². The fourth-order valence-electron chi connectivity index (χ4n) is 2.26. The first-order chi connectivity index (χ1) is 10.1. The van der Waals surface area contributed by atoms with Crippen molar-refractivity contribution in [2.24, 2.45) is 0 Å². The van der Waals surface area contributed by atoms with Gasteiger partial charge in [0, 0.05) is 13.1 Å². The minimum Gasteiger partial charge on any atom is -0.493 e. The molecule has 112 valence electrons. The van der Waals surface area contributed by atoms with Crippen LogP contribution in [0.15, 0.2) is 36.4 Å². The molecule has 0 aliphatic rings. The van der Waals surface area contributed by atoms with E-state index in [0.717, 1.165) is 24.6 Å². The molecule has 0 radical (unpaired) electrons. The monoisotopic (exact) mass is 285 g/mol. The Kier molecular flexibility index (Phi) is 5.23. The van der Waals surface area contributed by atoms with E-state index in [0.29, 0.717) is 0 Å². The number of benzene rings is 2. The highest BCUT2D eigenvalue weighted by Gasteiger charge is 2.04. The van der Waals surface area contributed by atoms with Gasteiger partial charge in [-0.25, -0.2) is 0 Å². The van der Waals surface area contributed by atoms with Crippen LogP contribution >= 0.6 is 0 Å². The number of aryl methyl sites for hydroxylation is 2. The smallest absolute Gasteiger partial charge is 0.161 e. The number of ether oxygens (including phenoxy) is 2. The van der Waals surface area contributed by atoms with E-state index in [1.165, 1.54) is 22.3 Å². The Hall–Kier alpha value is -2.00. The van der Waals surface area contributed by atoms with Gasteiger partial charge in [-0.2, -0.15) is 0 Å². The third-order valence-electron chi connectivity index (χ3n) is 3.68. The number of hydrogen-bond donors (Lipinski definition) is 1. The molecule has 0 atom stereocenters. The largest absolute Gasteiger partial charge is 0.493 e. The molecule has 0 aliphatic carbocycles. The number of methoxy groups -OCH3 is 2. The Morgan fingerprint density at radius 2 is 1.38 bits per heavy atom. The predicted molar refractivity (Wildman–Crippen MR) is 86.0 cm³/mol. The van der Waals surface area contributed by atoms with Crippen molar-refractivity contribution in [1.82, 2.24) is 5.32 Å². The van der Waals surface area contributed by atoms with Crippen LogP contribution in [0.2, 0.25) is 0 Å². The average Bonchev–Trinajstić information content (AvgIpc) is 2.50. The van der Waals surface area contributed by atoms with Crippen molar-refractivity contribution >= 4 is 0 Å². The zero-order chi connectivity index (χ0) is 15.2. The molecule has 0 aliphatic heterocycles. The zero-order valence-electron chi connectivity index (χ0n) is 13.2. The summed E-state index contributed by atoms with van der Waals surface area (Å²) in [7, 11) is 3.31. The summed E-state index contributed by atoms with van der Waals surface area (Å²) in [5.41, 5.74) is 5.15. The summed E-state index contributed by atoms with van der Waals surface area (Å²) in [6.07, 6.45) is 0. The molecule has 2 aromatic rings. The molecule has 0 unspecified atom stereocenters. The molecule has 0 heterocycles. The molecule has 0 aromatic heterocycles. The Morgan fingerprint density at radius 3 is 2.00 bits per heavy atom. The van der Waals surface area contributed by atoms with Crippen LogP contribution in [0.1, 0.15) is 22.3 Å². The highest BCUT2D eigenvalue weighted by molar-refractivity contribution is 5.42. The summed E-state index contributed by atoms with van der Waals surface area (Å²) in [6, 6.07) is 12.6. The topological polar surface area (TPSA) is 30.5 Å². The molecule has 3 nitrogen and oxygen atoms in total. The van der Waals surface area contributed by atoms with E-state index >= 15 is 0 Å². The van der Waals surface area contributed by atoms with Gasteiger partial charge < -0.3 is 14.8 Å². The summed E-state index contributed by atoms with van der Waals surface area (Å²) in [5, 5.41) is 3.46. The van der Waals surface area contributed by atoms with Gasteiger partial charge in [-0.1, -0.05) is 24.3 Å². The lowest BCUT2D eigenvalue weighted by Crippen LogP contribution is -2.13. The maximum absolute atomic E-state index is 5.32. The first kappa shape index (κ1) is 15.4. The van der Waals surface area contributed by atoms with Gasteiger partial charge in [0.1, 0.15) is 0 Å². The van der Waals surface area contributed by atoms with Gasteiger partial charge in [0.25, 0.3) is 0 Å². The second-order valence-electron chi connectivity index (χ2n) is 5.21. The normalized spacial score (nSPS) is 10.5. The van der Waals surface area contributed by atoms with Gasteiger partial charge in [0.2, 0.25) is 0 Å². The van der Waals surface area contributed by atoms with Crippen LogP contribution in [0.25, 0.3) is 0 Å². The third-order valence-corrected chi connectivity index (χ3v) is 3.68. The molecule has 1 N–H and O–H groups in total. The molecule has 0 bridgehead atoms. The van der Waals surface area contributed by atoms with Gasteiger partial charge in [0.15, 0.2) is 11.5 Å². The minimum absolute atomic E-state index is 0.760. The van der Waals surface area contributed by atoms with Crippen molar-refractivity contribution in [1.29, 1.82) is 0 Å². The lowest BCUT2D eigenvalue weighted by molar-refractivity contribution is 0.354. The first-order valence-electron chi connectivity index (χ1n) is 7.12. The summed E-state index contributed by atoms with van der Waals surface area (Å²) in [5.74, 6) is 1.53. The third kappa shape index (κ3) is 3.99. The standard InChI is InChI=1S/C18H23NO2/c1-13-5-6-15(9-14(13)2)11-19-12-16-7-8-17(20-3)18(10-16)21-4/h5-10,19H,11-12H2,1-4H3. The van der Waals surface area contributed by atoms with Crippen molar-refractivity contribution in [3.63, 3.8) is 0 Å². The minimum atomic E-state index is 0.760. The van der Waals surface area contributed by atoms with E-state index in [2.05, 4.69) is 43.4 Å². The van der Waals surface area contributed by atoms with Gasteiger partial charge in [0.05, 0.1) is 14.2 Å². The Bertz CT molecular complexity index is 608. The van der Waals surface area contributed by atoms with E-state index in [4.69, 9.17) is 9.47 Å². The fraction of sp³-hybridized carbons (Fsp3) is 0.333. The second kappa shape index (κ2) is 7.14. The van der Waals surface area contributed by atoms with E-state index in [1.807, 2.05) is 12.1 Å². The number of rotatable bonds is 6. The van der Waals surface area contributed by atoms with Gasteiger partial charge in [-0.05, 0) is 48.2 Å². The van der Waals surface area contributed by atoms with Crippen LogP contribution in [0, 0.1) is 13.8 Å². The summed E-state index contributed by atoms with van der Waals surface area (Å²) in [6.45, 7) is 5.94. The number of nitrogens with one attached hydrogen (secondary N) is 1. The Morgan fingerprint density at radius 1 is 0.762 bits per heavy atom. The summed E-state index contributed by atoms with van der Waals surface area (Å²) < 4.78 is 10.6. The van der Waals surface area contributed by atoms with E-state index in [1.54, 1.807) is 14.2 Å². The second-order valence-corrected chi connectivity index (χ2v) is 5.21. The van der Waals surface area contributed by atoms with E-state index in [9.17, 15) is 0 Å². The van der Waals surface area contributed by atoms with Crippen molar-refractivity contribution < 1.29 is 9.47 Å². The quantitative estimate of drug-likeness (QED) is 0.879. The summed E-state index contributed by atoms with van der Waals surface area (Å²) in [4.78, 5) is 0.